The standard InChI is InChI=1S/C17H24BrClN2O3/c1-9-14(20-7-10(22)6-19)13(18)11-12(15(9)21(23)24)17(4,5)8-16(11,2)3/h10,20,22H,6-8H2,1-5H3. The normalized spacial score (nSPS) is 19.0. The van der Waals surface area contributed by atoms with Crippen molar-refractivity contribution in [3.05, 3.63) is 31.3 Å². The van der Waals surface area contributed by atoms with Crippen LogP contribution in [0, 0.1) is 17.0 Å². The molecule has 1 aromatic rings. The van der Waals surface area contributed by atoms with Gasteiger partial charge in [-0.15, -0.1) is 11.6 Å². The number of nitro groups is 1. The number of nitro benzene ring substituents is 1. The molecule has 1 unspecified atom stereocenters. The van der Waals surface area contributed by atoms with Crippen molar-refractivity contribution in [2.45, 2.75) is 58.0 Å². The summed E-state index contributed by atoms with van der Waals surface area (Å²) in [7, 11) is 0. The number of aliphatic hydroxyl groups excluding tert-OH is 1. The summed E-state index contributed by atoms with van der Waals surface area (Å²) >= 11 is 9.31. The number of halogens is 2. The first kappa shape index (κ1) is 19.5. The van der Waals surface area contributed by atoms with E-state index >= 15 is 0 Å². The Labute approximate surface area is 156 Å². The first-order valence-corrected chi connectivity index (χ1v) is 9.26. The number of aliphatic hydroxyl groups is 1. The summed E-state index contributed by atoms with van der Waals surface area (Å²) in [6.45, 7) is 10.3. The highest BCUT2D eigenvalue weighted by atomic mass is 79.9. The lowest BCUT2D eigenvalue weighted by atomic mass is 9.81. The molecule has 0 aliphatic heterocycles. The van der Waals surface area contributed by atoms with Crippen molar-refractivity contribution >= 4 is 38.9 Å². The molecule has 0 radical (unpaired) electrons. The number of anilines is 1. The van der Waals surface area contributed by atoms with Gasteiger partial charge in [-0.05, 0) is 45.7 Å². The van der Waals surface area contributed by atoms with Crippen LogP contribution < -0.4 is 5.32 Å². The second kappa shape index (κ2) is 6.46. The van der Waals surface area contributed by atoms with E-state index in [0.717, 1.165) is 22.0 Å². The minimum absolute atomic E-state index is 0.106. The van der Waals surface area contributed by atoms with Gasteiger partial charge in [0.1, 0.15) is 0 Å². The average Bonchev–Trinajstić information content (AvgIpc) is 2.62. The van der Waals surface area contributed by atoms with Crippen molar-refractivity contribution in [3.63, 3.8) is 0 Å². The predicted molar refractivity (Wildman–Crippen MR) is 101 cm³/mol. The van der Waals surface area contributed by atoms with E-state index in [1.807, 2.05) is 0 Å². The molecule has 0 aromatic heterocycles. The molecule has 1 aliphatic rings. The lowest BCUT2D eigenvalue weighted by molar-refractivity contribution is -0.386. The van der Waals surface area contributed by atoms with Crippen molar-refractivity contribution in [1.82, 2.24) is 0 Å². The summed E-state index contributed by atoms with van der Waals surface area (Å²) in [5.74, 6) is 0.106. The smallest absolute Gasteiger partial charge is 0.278 e. The van der Waals surface area contributed by atoms with E-state index in [-0.39, 0.29) is 33.9 Å². The number of fused-ring (bicyclic) bond motifs is 1. The highest BCUT2D eigenvalue weighted by Gasteiger charge is 2.49. The summed E-state index contributed by atoms with van der Waals surface area (Å²) in [6, 6.07) is 0. The molecule has 24 heavy (non-hydrogen) atoms. The average molecular weight is 420 g/mol. The predicted octanol–water partition coefficient (Wildman–Crippen LogP) is 4.64. The first-order chi connectivity index (χ1) is 10.9. The number of hydrogen-bond donors (Lipinski definition) is 2. The van der Waals surface area contributed by atoms with Crippen molar-refractivity contribution < 1.29 is 10.0 Å². The zero-order valence-electron chi connectivity index (χ0n) is 14.7. The van der Waals surface area contributed by atoms with Crippen LogP contribution in [0.15, 0.2) is 4.47 Å². The second-order valence-electron chi connectivity index (χ2n) is 7.80. The third-order valence-corrected chi connectivity index (χ3v) is 5.92. The number of rotatable bonds is 5. The van der Waals surface area contributed by atoms with Crippen molar-refractivity contribution in [1.29, 1.82) is 0 Å². The van der Waals surface area contributed by atoms with Gasteiger partial charge in [0.05, 0.1) is 28.2 Å². The molecule has 134 valence electrons. The van der Waals surface area contributed by atoms with E-state index in [2.05, 4.69) is 48.9 Å². The SMILES string of the molecule is Cc1c(NCC(O)CCl)c(Br)c2c(c1[N+](=O)[O-])C(C)(C)CC2(C)C. The van der Waals surface area contributed by atoms with Crippen LogP contribution in [0.3, 0.4) is 0 Å². The molecule has 5 nitrogen and oxygen atoms in total. The van der Waals surface area contributed by atoms with Gasteiger partial charge in [-0.25, -0.2) is 0 Å². The van der Waals surface area contributed by atoms with E-state index < -0.39 is 6.10 Å². The fraction of sp³-hybridized carbons (Fsp3) is 0.647. The highest BCUT2D eigenvalue weighted by molar-refractivity contribution is 9.10. The van der Waals surface area contributed by atoms with Crippen LogP contribution in [0.25, 0.3) is 0 Å². The van der Waals surface area contributed by atoms with Gasteiger partial charge in [-0.3, -0.25) is 10.1 Å². The maximum Gasteiger partial charge on any atom is 0.278 e. The zero-order chi connectivity index (χ0) is 18.4. The topological polar surface area (TPSA) is 75.4 Å². The summed E-state index contributed by atoms with van der Waals surface area (Å²) in [5.41, 5.74) is 2.75. The third kappa shape index (κ3) is 3.16. The summed E-state index contributed by atoms with van der Waals surface area (Å²) in [4.78, 5) is 11.5. The van der Waals surface area contributed by atoms with Crippen molar-refractivity contribution in [2.75, 3.05) is 17.7 Å². The van der Waals surface area contributed by atoms with Crippen LogP contribution in [0.2, 0.25) is 0 Å². The largest absolute Gasteiger partial charge is 0.390 e. The molecular weight excluding hydrogens is 396 g/mol. The van der Waals surface area contributed by atoms with E-state index in [1.165, 1.54) is 0 Å². The maximum atomic E-state index is 11.8. The zero-order valence-corrected chi connectivity index (χ0v) is 17.0. The molecule has 1 aliphatic carbocycles. The van der Waals surface area contributed by atoms with Crippen LogP contribution >= 0.6 is 27.5 Å². The molecule has 1 aromatic carbocycles. The van der Waals surface area contributed by atoms with E-state index in [4.69, 9.17) is 11.6 Å². The third-order valence-electron chi connectivity index (χ3n) is 4.77. The lowest BCUT2D eigenvalue weighted by Crippen LogP contribution is -2.22. The van der Waals surface area contributed by atoms with Gasteiger partial charge in [0.15, 0.2) is 0 Å². The van der Waals surface area contributed by atoms with Gasteiger partial charge in [-0.1, -0.05) is 27.7 Å². The van der Waals surface area contributed by atoms with E-state index in [0.29, 0.717) is 11.3 Å². The first-order valence-electron chi connectivity index (χ1n) is 7.93. The number of benzene rings is 1. The second-order valence-corrected chi connectivity index (χ2v) is 8.90. The Morgan fingerprint density at radius 1 is 1.33 bits per heavy atom. The molecule has 0 bridgehead atoms. The number of nitrogens with zero attached hydrogens (tertiary/aromatic N) is 1. The molecule has 2 rings (SSSR count). The van der Waals surface area contributed by atoms with Crippen LogP contribution in [-0.4, -0.2) is 28.6 Å². The molecule has 0 spiro atoms. The Balaban J connectivity index is 2.74. The van der Waals surface area contributed by atoms with Gasteiger partial charge < -0.3 is 10.4 Å². The van der Waals surface area contributed by atoms with Gasteiger partial charge in [0, 0.05) is 16.6 Å². The van der Waals surface area contributed by atoms with Gasteiger partial charge in [0.25, 0.3) is 5.69 Å². The summed E-state index contributed by atoms with van der Waals surface area (Å²) < 4.78 is 0.845. The summed E-state index contributed by atoms with van der Waals surface area (Å²) in [5, 5.41) is 24.7. The monoisotopic (exact) mass is 418 g/mol. The molecule has 1 atom stereocenters. The Morgan fingerprint density at radius 2 is 1.88 bits per heavy atom. The van der Waals surface area contributed by atoms with Crippen molar-refractivity contribution in [3.8, 4) is 0 Å². The van der Waals surface area contributed by atoms with Crippen LogP contribution in [-0.2, 0) is 10.8 Å². The lowest BCUT2D eigenvalue weighted by Gasteiger charge is -2.24. The van der Waals surface area contributed by atoms with E-state index in [1.54, 1.807) is 6.92 Å². The molecule has 0 amide bonds. The van der Waals surface area contributed by atoms with E-state index in [9.17, 15) is 15.2 Å². The van der Waals surface area contributed by atoms with Gasteiger partial charge >= 0.3 is 0 Å². The molecule has 0 saturated heterocycles. The fourth-order valence-corrected chi connectivity index (χ4v) is 5.39. The molecule has 2 N–H and O–H groups in total. The maximum absolute atomic E-state index is 11.8. The molecular formula is C17H24BrClN2O3. The Morgan fingerprint density at radius 3 is 2.38 bits per heavy atom. The molecule has 7 heteroatoms. The van der Waals surface area contributed by atoms with Gasteiger partial charge in [-0.2, -0.15) is 0 Å². The van der Waals surface area contributed by atoms with Crippen molar-refractivity contribution in [2.24, 2.45) is 0 Å². The highest BCUT2D eigenvalue weighted by Crippen LogP contribution is 2.57. The van der Waals surface area contributed by atoms with Gasteiger partial charge in [0.2, 0.25) is 0 Å². The van der Waals surface area contributed by atoms with Crippen LogP contribution in [0.5, 0.6) is 0 Å². The summed E-state index contributed by atoms with van der Waals surface area (Å²) in [6.07, 6.45) is 0.122. The fourth-order valence-electron chi connectivity index (χ4n) is 4.11. The Bertz CT molecular complexity index is 689. The number of hydrogen-bond acceptors (Lipinski definition) is 4. The Kier molecular flexibility index (Phi) is 5.25. The molecule has 0 saturated carbocycles. The van der Waals surface area contributed by atoms with Crippen LogP contribution in [0.4, 0.5) is 11.4 Å². The quantitative estimate of drug-likeness (QED) is 0.414. The molecule has 0 heterocycles. The van der Waals surface area contributed by atoms with Crippen LogP contribution in [0.1, 0.15) is 50.8 Å². The minimum Gasteiger partial charge on any atom is -0.390 e. The number of nitrogens with one attached hydrogen (secondary N) is 1. The Hall–Kier alpha value is -0.850. The number of alkyl halides is 1. The minimum atomic E-state index is -0.713. The molecule has 0 fully saturated rings.